The summed E-state index contributed by atoms with van der Waals surface area (Å²) in [6.07, 6.45) is 8.80. The summed E-state index contributed by atoms with van der Waals surface area (Å²) < 4.78 is 12.6. The molecule has 7 bridgehead atoms. The topological polar surface area (TPSA) is 198 Å². The Kier molecular flexibility index (Phi) is 9.80. The second-order valence-corrected chi connectivity index (χ2v) is 18.7. The molecule has 0 aromatic heterocycles. The van der Waals surface area contributed by atoms with Crippen molar-refractivity contribution < 1.29 is 49.7 Å². The molecule has 0 radical (unpaired) electrons. The molecule has 2 aromatic carbocycles. The zero-order valence-electron chi connectivity index (χ0n) is 31.1. The number of allylic oxidation sites excluding steroid dienone is 6. The lowest BCUT2D eigenvalue weighted by molar-refractivity contribution is -0.355. The van der Waals surface area contributed by atoms with E-state index in [1.807, 2.05) is 24.3 Å². The fourth-order valence-corrected chi connectivity index (χ4v) is 12.7. The van der Waals surface area contributed by atoms with Crippen LogP contribution in [0.5, 0.6) is 5.75 Å². The first-order valence-corrected chi connectivity index (χ1v) is 21.9. The van der Waals surface area contributed by atoms with Gasteiger partial charge in [-0.15, -0.1) is 0 Å². The third kappa shape index (κ3) is 5.81. The fourth-order valence-electron chi connectivity index (χ4n) is 10.4. The smallest absolute Gasteiger partial charge is 0.230 e. The number of carbonyl (C=O) groups excluding carboxylic acids is 2. The summed E-state index contributed by atoms with van der Waals surface area (Å²) in [4.78, 5) is 29.9. The lowest BCUT2D eigenvalue weighted by Gasteiger charge is -2.60. The van der Waals surface area contributed by atoms with Gasteiger partial charge in [-0.1, -0.05) is 95.1 Å². The van der Waals surface area contributed by atoms with Gasteiger partial charge in [0.25, 0.3) is 0 Å². The summed E-state index contributed by atoms with van der Waals surface area (Å²) >= 11 is 0. The standard InChI is InChI=1S/C43H46N2O10S2/c46-20-25-6-3-5-24(15-25)16-26-17-29-35(49)28-7-4-8-30-34(28)36(50)42(29,32(48)18-26)22-56-57-23-45-33-19-27(10-14-44-33)40(11-1-2-12-40)31-9-13-41(21-47)39(52)43(31,53)37(51)38(54-30)55-41/h3-10,13,15,17-19,29,31,37-39,44-48,51-53H,1-2,11-12,14,16,20-23H2. The molecule has 1 saturated carbocycles. The molecular weight excluding hydrogens is 769 g/mol. The molecule has 4 aliphatic carbocycles. The zero-order valence-corrected chi connectivity index (χ0v) is 32.7. The molecule has 3 heterocycles. The Morgan fingerprint density at radius 2 is 1.75 bits per heavy atom. The van der Waals surface area contributed by atoms with E-state index in [4.69, 9.17) is 9.47 Å². The maximum absolute atomic E-state index is 15.2. The number of fused-ring (bicyclic) bond motifs is 5. The summed E-state index contributed by atoms with van der Waals surface area (Å²) in [6, 6.07) is 12.0. The van der Waals surface area contributed by atoms with Crippen molar-refractivity contribution in [1.29, 1.82) is 0 Å². The molecule has 8 N–H and O–H groups in total. The Bertz CT molecular complexity index is 2160. The quantitative estimate of drug-likeness (QED) is 0.164. The van der Waals surface area contributed by atoms with Crippen LogP contribution in [0.1, 0.15) is 57.5 Å². The van der Waals surface area contributed by atoms with E-state index in [1.54, 1.807) is 36.4 Å². The highest BCUT2D eigenvalue weighted by atomic mass is 33.1. The summed E-state index contributed by atoms with van der Waals surface area (Å²) in [7, 11) is 2.80. The summed E-state index contributed by atoms with van der Waals surface area (Å²) in [6.45, 7) is -0.382. The van der Waals surface area contributed by atoms with Gasteiger partial charge in [0, 0.05) is 29.2 Å². The molecule has 8 unspecified atom stereocenters. The second-order valence-electron chi connectivity index (χ2n) is 16.2. The number of aliphatic hydroxyl groups excluding tert-OH is 5. The van der Waals surface area contributed by atoms with Crippen LogP contribution in [-0.4, -0.2) is 96.7 Å². The van der Waals surface area contributed by atoms with Crippen molar-refractivity contribution in [2.45, 2.75) is 68.4 Å². The second kappa shape index (κ2) is 14.5. The van der Waals surface area contributed by atoms with Gasteiger partial charge in [-0.2, -0.15) is 0 Å². The third-order valence-corrected chi connectivity index (χ3v) is 15.5. The number of rotatable bonds is 4. The number of nitrogens with one attached hydrogen (secondary N) is 2. The van der Waals surface area contributed by atoms with E-state index in [2.05, 4.69) is 16.7 Å². The average Bonchev–Trinajstić information content (AvgIpc) is 3.72. The Hall–Kier alpha value is -3.86. The molecule has 9 rings (SSSR count). The van der Waals surface area contributed by atoms with E-state index in [-0.39, 0.29) is 35.0 Å². The molecule has 12 nitrogen and oxygen atoms in total. The van der Waals surface area contributed by atoms with Crippen molar-refractivity contribution in [3.8, 4) is 5.75 Å². The van der Waals surface area contributed by atoms with Crippen LogP contribution >= 0.6 is 21.6 Å². The van der Waals surface area contributed by atoms with Crippen LogP contribution in [0.15, 0.2) is 102 Å². The largest absolute Gasteiger partial charge is 0.511 e. The third-order valence-electron chi connectivity index (χ3n) is 13.3. The molecule has 14 heteroatoms. The summed E-state index contributed by atoms with van der Waals surface area (Å²) in [5.41, 5.74) is -3.38. The highest BCUT2D eigenvalue weighted by molar-refractivity contribution is 8.76. The van der Waals surface area contributed by atoms with Crippen molar-refractivity contribution in [2.75, 3.05) is 24.8 Å². The van der Waals surface area contributed by atoms with Crippen molar-refractivity contribution in [1.82, 2.24) is 10.6 Å². The highest BCUT2D eigenvalue weighted by Crippen LogP contribution is 2.60. The van der Waals surface area contributed by atoms with E-state index in [9.17, 15) is 35.4 Å². The number of aliphatic hydroxyl groups is 6. The zero-order chi connectivity index (χ0) is 39.7. The molecule has 300 valence electrons. The Morgan fingerprint density at radius 3 is 2.54 bits per heavy atom. The van der Waals surface area contributed by atoms with Gasteiger partial charge in [-0.3, -0.25) is 9.59 Å². The molecule has 7 aliphatic rings. The average molecular weight is 815 g/mol. The van der Waals surface area contributed by atoms with Gasteiger partial charge in [0.05, 0.1) is 36.4 Å². The monoisotopic (exact) mass is 814 g/mol. The first-order valence-electron chi connectivity index (χ1n) is 19.4. The number of ketones is 2. The summed E-state index contributed by atoms with van der Waals surface area (Å²) in [5.74, 6) is -2.03. The molecule has 2 fully saturated rings. The van der Waals surface area contributed by atoms with Crippen LogP contribution < -0.4 is 15.4 Å². The van der Waals surface area contributed by atoms with Gasteiger partial charge >= 0.3 is 0 Å². The summed E-state index contributed by atoms with van der Waals surface area (Å²) in [5, 5.41) is 76.4. The predicted molar refractivity (Wildman–Crippen MR) is 214 cm³/mol. The highest BCUT2D eigenvalue weighted by Gasteiger charge is 2.70. The molecule has 57 heavy (non-hydrogen) atoms. The number of Topliss-reactive ketones (excluding diaryl/α,β-unsaturated/α-hetero) is 2. The fraction of sp³-hybridized carbons (Fsp3) is 0.442. The van der Waals surface area contributed by atoms with Crippen LogP contribution in [0.4, 0.5) is 0 Å². The number of ether oxygens (including phenoxy) is 2. The van der Waals surface area contributed by atoms with Crippen LogP contribution in [0, 0.1) is 22.7 Å². The normalized spacial score (nSPS) is 35.4. The number of hydrogen-bond acceptors (Lipinski definition) is 14. The Balaban J connectivity index is 1.17. The maximum Gasteiger partial charge on any atom is 0.230 e. The SMILES string of the molecule is O=C1c2cccc3c2C(=O)C2(CSSCNC4=CC(=CCN4)C4(CCCC4)C4C=CC5(CO)OC(O3)C(O)C4(O)C5O)C(O)=CC(Cc3cccc(CO)c3)=CC12. The van der Waals surface area contributed by atoms with Gasteiger partial charge in [-0.25, -0.2) is 0 Å². The predicted octanol–water partition coefficient (Wildman–Crippen LogP) is 3.76. The Morgan fingerprint density at radius 1 is 0.965 bits per heavy atom. The van der Waals surface area contributed by atoms with Crippen molar-refractivity contribution in [3.63, 3.8) is 0 Å². The van der Waals surface area contributed by atoms with Gasteiger partial charge in [0.2, 0.25) is 6.29 Å². The number of carbonyl (C=O) groups is 2. The van der Waals surface area contributed by atoms with Gasteiger partial charge in [0.15, 0.2) is 11.6 Å². The lowest BCUT2D eigenvalue weighted by atomic mass is 9.54. The van der Waals surface area contributed by atoms with Gasteiger partial charge in [-0.05, 0) is 59.8 Å². The van der Waals surface area contributed by atoms with Crippen molar-refractivity contribution >= 4 is 33.2 Å². The minimum absolute atomic E-state index is 0.0316. The number of benzene rings is 2. The Labute approximate surface area is 337 Å². The minimum Gasteiger partial charge on any atom is -0.511 e. The van der Waals surface area contributed by atoms with Gasteiger partial charge < -0.3 is 50.7 Å². The van der Waals surface area contributed by atoms with Crippen molar-refractivity contribution in [2.24, 2.45) is 22.7 Å². The van der Waals surface area contributed by atoms with E-state index in [1.165, 1.54) is 33.7 Å². The number of hydrogen-bond donors (Lipinski definition) is 8. The molecule has 2 aromatic rings. The maximum atomic E-state index is 15.2. The van der Waals surface area contributed by atoms with E-state index in [0.29, 0.717) is 37.3 Å². The van der Waals surface area contributed by atoms with Crippen LogP contribution in [0.25, 0.3) is 0 Å². The van der Waals surface area contributed by atoms with Crippen molar-refractivity contribution in [3.05, 3.63) is 124 Å². The van der Waals surface area contributed by atoms with Crippen LogP contribution in [-0.2, 0) is 17.8 Å². The van der Waals surface area contributed by atoms with E-state index < -0.39 is 70.5 Å². The first kappa shape index (κ1) is 38.6. The molecule has 2 spiro atoms. The molecule has 1 saturated heterocycles. The van der Waals surface area contributed by atoms with Crippen LogP contribution in [0.3, 0.4) is 0 Å². The lowest BCUT2D eigenvalue weighted by Crippen LogP contribution is -2.78. The van der Waals surface area contributed by atoms with Gasteiger partial charge in [0.1, 0.15) is 40.3 Å². The van der Waals surface area contributed by atoms with E-state index >= 15 is 4.79 Å². The first-order chi connectivity index (χ1) is 27.5. The molecular formula is C43H46N2O10S2. The minimum atomic E-state index is -2.28. The molecule has 0 amide bonds. The van der Waals surface area contributed by atoms with Crippen LogP contribution in [0.2, 0.25) is 0 Å². The molecule has 8 atom stereocenters. The number of dihydropyridines is 1. The van der Waals surface area contributed by atoms with E-state index in [0.717, 1.165) is 35.4 Å². The molecule has 3 aliphatic heterocycles.